The molecule has 0 bridgehead atoms. The van der Waals surface area contributed by atoms with Crippen molar-refractivity contribution in [2.75, 3.05) is 0 Å². The molecule has 1 heterocycles. The highest BCUT2D eigenvalue weighted by Crippen LogP contribution is 2.27. The number of hydrogen-bond acceptors (Lipinski definition) is 2. The van der Waals surface area contributed by atoms with Gasteiger partial charge in [-0.05, 0) is 24.8 Å². The van der Waals surface area contributed by atoms with Gasteiger partial charge in [0.1, 0.15) is 0 Å². The van der Waals surface area contributed by atoms with E-state index in [-0.39, 0.29) is 6.10 Å². The van der Waals surface area contributed by atoms with E-state index in [1.165, 1.54) is 32.1 Å². The van der Waals surface area contributed by atoms with Gasteiger partial charge in [-0.15, -0.1) is 0 Å². The maximum Gasteiger partial charge on any atom is 0.0764 e. The number of hydrogen-bond donors (Lipinski definition) is 1. The summed E-state index contributed by atoms with van der Waals surface area (Å²) in [6, 6.07) is 8.17. The molecule has 3 nitrogen and oxygen atoms in total. The molecule has 1 saturated carbocycles. The Morgan fingerprint density at radius 1 is 1.22 bits per heavy atom. The van der Waals surface area contributed by atoms with E-state index < -0.39 is 0 Å². The first kappa shape index (κ1) is 11.7. The maximum atomic E-state index is 10.3. The molecule has 18 heavy (non-hydrogen) atoms. The van der Waals surface area contributed by atoms with Crippen LogP contribution in [0.3, 0.4) is 0 Å². The highest BCUT2D eigenvalue weighted by atomic mass is 16.3. The van der Waals surface area contributed by atoms with E-state index in [4.69, 9.17) is 0 Å². The molecule has 1 aromatic heterocycles. The second-order valence-electron chi connectivity index (χ2n) is 5.35. The summed E-state index contributed by atoms with van der Waals surface area (Å²) >= 11 is 0. The first-order valence-corrected chi connectivity index (χ1v) is 6.93. The minimum absolute atomic E-state index is 0.256. The minimum atomic E-state index is -0.256. The Hall–Kier alpha value is -1.35. The van der Waals surface area contributed by atoms with Crippen LogP contribution < -0.4 is 0 Å². The highest BCUT2D eigenvalue weighted by Gasteiger charge is 2.22. The zero-order chi connectivity index (χ0) is 12.4. The van der Waals surface area contributed by atoms with Crippen LogP contribution >= 0.6 is 0 Å². The Balaban J connectivity index is 1.75. The fraction of sp³-hybridized carbons (Fsp3) is 0.533. The molecule has 1 aliphatic carbocycles. The number of para-hydroxylation sites is 1. The van der Waals surface area contributed by atoms with Crippen LogP contribution in [0.25, 0.3) is 10.9 Å². The van der Waals surface area contributed by atoms with Gasteiger partial charge in [-0.1, -0.05) is 37.5 Å². The van der Waals surface area contributed by atoms with E-state index in [9.17, 15) is 5.11 Å². The van der Waals surface area contributed by atoms with Crippen molar-refractivity contribution in [3.05, 3.63) is 30.5 Å². The molecule has 1 aromatic carbocycles. The Morgan fingerprint density at radius 2 is 2.00 bits per heavy atom. The average molecular weight is 244 g/mol. The molecule has 2 aromatic rings. The van der Waals surface area contributed by atoms with Crippen LogP contribution in [0, 0.1) is 5.92 Å². The topological polar surface area (TPSA) is 38.0 Å². The third-order valence-corrected chi connectivity index (χ3v) is 4.11. The lowest BCUT2D eigenvalue weighted by molar-refractivity contribution is 0.0676. The third-order valence-electron chi connectivity index (χ3n) is 4.11. The van der Waals surface area contributed by atoms with Crippen molar-refractivity contribution in [1.29, 1.82) is 0 Å². The van der Waals surface area contributed by atoms with Crippen LogP contribution in [0.2, 0.25) is 0 Å². The number of aliphatic hydroxyl groups is 1. The van der Waals surface area contributed by atoms with E-state index in [0.717, 1.165) is 10.9 Å². The largest absolute Gasteiger partial charge is 0.391 e. The second-order valence-corrected chi connectivity index (χ2v) is 5.35. The summed E-state index contributed by atoms with van der Waals surface area (Å²) in [5, 5.41) is 15.9. The van der Waals surface area contributed by atoms with Gasteiger partial charge in [0.2, 0.25) is 0 Å². The molecule has 3 rings (SSSR count). The Kier molecular flexibility index (Phi) is 3.33. The van der Waals surface area contributed by atoms with Crippen LogP contribution in [-0.2, 0) is 6.54 Å². The van der Waals surface area contributed by atoms with E-state index >= 15 is 0 Å². The van der Waals surface area contributed by atoms with Crippen LogP contribution in [0.1, 0.15) is 32.1 Å². The summed E-state index contributed by atoms with van der Waals surface area (Å²) in [5.74, 6) is 0.460. The molecule has 0 spiro atoms. The van der Waals surface area contributed by atoms with Crippen molar-refractivity contribution >= 4 is 10.9 Å². The van der Waals surface area contributed by atoms with Crippen LogP contribution in [0.15, 0.2) is 30.5 Å². The van der Waals surface area contributed by atoms with Crippen LogP contribution in [-0.4, -0.2) is 21.0 Å². The normalized spacial score (nSPS) is 19.2. The fourth-order valence-corrected chi connectivity index (χ4v) is 3.02. The molecule has 0 saturated heterocycles. The lowest BCUT2D eigenvalue weighted by atomic mass is 9.85. The molecule has 1 fully saturated rings. The highest BCUT2D eigenvalue weighted by molar-refractivity contribution is 5.78. The van der Waals surface area contributed by atoms with Gasteiger partial charge in [0.05, 0.1) is 24.4 Å². The zero-order valence-corrected chi connectivity index (χ0v) is 10.6. The fourth-order valence-electron chi connectivity index (χ4n) is 3.02. The van der Waals surface area contributed by atoms with E-state index in [1.54, 1.807) is 0 Å². The summed E-state index contributed by atoms with van der Waals surface area (Å²) in [5.41, 5.74) is 1.12. The Bertz CT molecular complexity index is 514. The van der Waals surface area contributed by atoms with Gasteiger partial charge in [-0.25, -0.2) is 0 Å². The SMILES string of the molecule is OC(Cn1ncc2ccccc21)C1CCCCC1. The van der Waals surface area contributed by atoms with Gasteiger partial charge in [-0.3, -0.25) is 4.68 Å². The van der Waals surface area contributed by atoms with Gasteiger partial charge >= 0.3 is 0 Å². The molecule has 1 aliphatic rings. The molecular weight excluding hydrogens is 224 g/mol. The standard InChI is InChI=1S/C15H20N2O/c18-15(12-6-2-1-3-7-12)11-17-14-9-5-4-8-13(14)10-16-17/h4-5,8-10,12,15,18H,1-3,6-7,11H2. The van der Waals surface area contributed by atoms with E-state index in [2.05, 4.69) is 17.2 Å². The Morgan fingerprint density at radius 3 is 2.83 bits per heavy atom. The van der Waals surface area contributed by atoms with Crippen molar-refractivity contribution in [1.82, 2.24) is 9.78 Å². The smallest absolute Gasteiger partial charge is 0.0764 e. The molecule has 1 N–H and O–H groups in total. The predicted octanol–water partition coefficient (Wildman–Crippen LogP) is 2.98. The molecule has 1 atom stereocenters. The molecule has 0 radical (unpaired) electrons. The number of aliphatic hydroxyl groups excluding tert-OH is 1. The summed E-state index contributed by atoms with van der Waals surface area (Å²) in [6.07, 6.45) is 7.81. The van der Waals surface area contributed by atoms with Gasteiger partial charge in [0.15, 0.2) is 0 Å². The summed E-state index contributed by atoms with van der Waals surface area (Å²) < 4.78 is 1.94. The number of benzene rings is 1. The molecule has 3 heteroatoms. The second kappa shape index (κ2) is 5.11. The summed E-state index contributed by atoms with van der Waals surface area (Å²) in [7, 11) is 0. The summed E-state index contributed by atoms with van der Waals surface area (Å²) in [4.78, 5) is 0. The average Bonchev–Trinajstić information content (AvgIpc) is 2.83. The number of nitrogens with zero attached hydrogens (tertiary/aromatic N) is 2. The van der Waals surface area contributed by atoms with Crippen molar-refractivity contribution in [2.24, 2.45) is 5.92 Å². The van der Waals surface area contributed by atoms with E-state index in [1.807, 2.05) is 23.0 Å². The predicted molar refractivity (Wildman–Crippen MR) is 72.3 cm³/mol. The number of fused-ring (bicyclic) bond motifs is 1. The molecule has 0 amide bonds. The van der Waals surface area contributed by atoms with Gasteiger partial charge < -0.3 is 5.11 Å². The van der Waals surface area contributed by atoms with E-state index in [0.29, 0.717) is 12.5 Å². The first-order chi connectivity index (χ1) is 8.84. The quantitative estimate of drug-likeness (QED) is 0.901. The molecule has 96 valence electrons. The lowest BCUT2D eigenvalue weighted by Gasteiger charge is -2.26. The van der Waals surface area contributed by atoms with Crippen LogP contribution in [0.4, 0.5) is 0 Å². The summed E-state index contributed by atoms with van der Waals surface area (Å²) in [6.45, 7) is 0.623. The maximum absolute atomic E-state index is 10.3. The lowest BCUT2D eigenvalue weighted by Crippen LogP contribution is -2.27. The minimum Gasteiger partial charge on any atom is -0.391 e. The molecular formula is C15H20N2O. The number of rotatable bonds is 3. The Labute approximate surface area is 107 Å². The van der Waals surface area contributed by atoms with Crippen molar-refractivity contribution < 1.29 is 5.11 Å². The first-order valence-electron chi connectivity index (χ1n) is 6.93. The van der Waals surface area contributed by atoms with Gasteiger partial charge in [0, 0.05) is 5.39 Å². The molecule has 1 unspecified atom stereocenters. The van der Waals surface area contributed by atoms with Crippen LogP contribution in [0.5, 0.6) is 0 Å². The molecule has 0 aliphatic heterocycles. The monoisotopic (exact) mass is 244 g/mol. The van der Waals surface area contributed by atoms with Crippen molar-refractivity contribution in [3.63, 3.8) is 0 Å². The van der Waals surface area contributed by atoms with Crippen molar-refractivity contribution in [2.45, 2.75) is 44.8 Å². The van der Waals surface area contributed by atoms with Gasteiger partial charge in [-0.2, -0.15) is 5.10 Å². The zero-order valence-electron chi connectivity index (χ0n) is 10.6. The van der Waals surface area contributed by atoms with Gasteiger partial charge in [0.25, 0.3) is 0 Å². The third kappa shape index (κ3) is 2.27. The van der Waals surface area contributed by atoms with Crippen molar-refractivity contribution in [3.8, 4) is 0 Å². The number of aromatic nitrogens is 2.